The number of para-hydroxylation sites is 2. The van der Waals surface area contributed by atoms with E-state index < -0.39 is 0 Å². The summed E-state index contributed by atoms with van der Waals surface area (Å²) in [5, 5.41) is 10.2. The largest absolute Gasteiger partial charge is 0.464 e. The van der Waals surface area contributed by atoms with Crippen molar-refractivity contribution >= 4 is 76.4 Å². The van der Waals surface area contributed by atoms with Gasteiger partial charge in [-0.05, 0) is 69.1 Å². The van der Waals surface area contributed by atoms with Crippen LogP contribution in [0.2, 0.25) is 0 Å². The average molecular weight is 551 g/mol. The zero-order chi connectivity index (χ0) is 28.1. The van der Waals surface area contributed by atoms with Gasteiger partial charge in [-0.2, -0.15) is 0 Å². The predicted molar refractivity (Wildman–Crippen MR) is 177 cm³/mol. The lowest BCUT2D eigenvalue weighted by atomic mass is 9.85. The molecule has 10 rings (SSSR count). The number of furan rings is 3. The van der Waals surface area contributed by atoms with E-state index in [1.165, 1.54) is 32.7 Å². The lowest BCUT2D eigenvalue weighted by molar-refractivity contribution is 0.616. The van der Waals surface area contributed by atoms with Gasteiger partial charge in [0.1, 0.15) is 27.9 Å². The summed E-state index contributed by atoms with van der Waals surface area (Å²) >= 11 is 0. The van der Waals surface area contributed by atoms with Crippen LogP contribution >= 0.6 is 0 Å². The third kappa shape index (κ3) is 3.14. The van der Waals surface area contributed by atoms with Crippen LogP contribution in [0, 0.1) is 0 Å². The minimum atomic E-state index is 0.865. The molecule has 200 valence electrons. The van der Waals surface area contributed by atoms with Crippen LogP contribution in [0.1, 0.15) is 0 Å². The maximum atomic E-state index is 6.53. The topological polar surface area (TPSA) is 39.4 Å². The normalized spacial score (nSPS) is 12.2. The molecule has 0 radical (unpaired) electrons. The number of hydrogen-bond acceptors (Lipinski definition) is 3. The second kappa shape index (κ2) is 8.37. The molecule has 0 aliphatic heterocycles. The van der Waals surface area contributed by atoms with Crippen molar-refractivity contribution in [2.75, 3.05) is 0 Å². The van der Waals surface area contributed by atoms with Gasteiger partial charge in [0, 0.05) is 38.1 Å². The van der Waals surface area contributed by atoms with Crippen molar-refractivity contribution in [2.24, 2.45) is 0 Å². The van der Waals surface area contributed by atoms with Crippen LogP contribution < -0.4 is 0 Å². The molecule has 0 aliphatic rings. The maximum absolute atomic E-state index is 6.53. The van der Waals surface area contributed by atoms with E-state index in [0.29, 0.717) is 0 Å². The highest BCUT2D eigenvalue weighted by molar-refractivity contribution is 6.24. The lowest BCUT2D eigenvalue weighted by Gasteiger charge is -2.17. The number of benzene rings is 7. The molecule has 3 nitrogen and oxygen atoms in total. The van der Waals surface area contributed by atoms with E-state index in [0.717, 1.165) is 66.0 Å². The molecule has 0 spiro atoms. The first-order chi connectivity index (χ1) is 21.3. The molecule has 10 aromatic rings. The first kappa shape index (κ1) is 22.8. The summed E-state index contributed by atoms with van der Waals surface area (Å²) in [6, 6.07) is 44.9. The maximum Gasteiger partial charge on any atom is 0.143 e. The highest BCUT2D eigenvalue weighted by atomic mass is 16.3. The molecule has 0 unspecified atom stereocenters. The molecule has 0 saturated heterocycles. The van der Waals surface area contributed by atoms with Crippen molar-refractivity contribution in [3.8, 4) is 22.3 Å². The third-order valence-corrected chi connectivity index (χ3v) is 8.94. The van der Waals surface area contributed by atoms with Gasteiger partial charge in [-0.1, -0.05) is 91.0 Å². The minimum absolute atomic E-state index is 0.865. The Hall–Kier alpha value is -5.80. The second-order valence-corrected chi connectivity index (χ2v) is 11.2. The Balaban J connectivity index is 1.29. The fraction of sp³-hybridized carbons (Fsp3) is 0. The average Bonchev–Trinajstić information content (AvgIpc) is 3.77. The third-order valence-electron chi connectivity index (χ3n) is 8.94. The van der Waals surface area contributed by atoms with E-state index in [2.05, 4.69) is 109 Å². The fourth-order valence-electron chi connectivity index (χ4n) is 7.06. The number of hydrogen-bond donors (Lipinski definition) is 0. The van der Waals surface area contributed by atoms with Gasteiger partial charge in [-0.3, -0.25) is 0 Å². The highest BCUT2D eigenvalue weighted by Gasteiger charge is 2.21. The second-order valence-electron chi connectivity index (χ2n) is 11.2. The molecule has 3 heterocycles. The molecule has 0 fully saturated rings. The van der Waals surface area contributed by atoms with Crippen molar-refractivity contribution in [2.45, 2.75) is 0 Å². The van der Waals surface area contributed by atoms with Crippen LogP contribution in [-0.4, -0.2) is 0 Å². The molecule has 3 aromatic heterocycles. The predicted octanol–water partition coefficient (Wildman–Crippen LogP) is 11.9. The van der Waals surface area contributed by atoms with Gasteiger partial charge in [0.05, 0.1) is 6.26 Å². The van der Waals surface area contributed by atoms with E-state index >= 15 is 0 Å². The van der Waals surface area contributed by atoms with E-state index in [-0.39, 0.29) is 0 Å². The first-order valence-corrected chi connectivity index (χ1v) is 14.5. The zero-order valence-corrected chi connectivity index (χ0v) is 22.9. The summed E-state index contributed by atoms with van der Waals surface area (Å²) in [6.07, 6.45) is 1.72. The molecular formula is C40H22O3. The Morgan fingerprint density at radius 2 is 1.02 bits per heavy atom. The van der Waals surface area contributed by atoms with E-state index in [9.17, 15) is 0 Å². The molecule has 0 atom stereocenters. The van der Waals surface area contributed by atoms with E-state index in [1.54, 1.807) is 6.26 Å². The van der Waals surface area contributed by atoms with Crippen LogP contribution in [0.15, 0.2) is 147 Å². The first-order valence-electron chi connectivity index (χ1n) is 14.5. The van der Waals surface area contributed by atoms with Crippen LogP contribution in [0.25, 0.3) is 98.6 Å². The fourth-order valence-corrected chi connectivity index (χ4v) is 7.06. The SMILES string of the molecule is c1ccc2c(c1)oc1c(-c3c4ccccc4c(-c4ccc5c(c4)oc4cc6ccoc6cc45)c4ccccc34)cccc12. The Kier molecular flexibility index (Phi) is 4.45. The highest BCUT2D eigenvalue weighted by Crippen LogP contribution is 2.47. The molecule has 43 heavy (non-hydrogen) atoms. The standard InChI is InChI=1S/C40H22O3/c1-3-11-29-27(9-1)38(24-16-17-26-33-22-35-23(18-19-41-35)20-37(33)42-36(26)21-24)28-10-2-4-12-30(28)39(29)32-14-7-13-31-25-8-5-6-15-34(25)43-40(31)32/h1-22H. The number of fused-ring (bicyclic) bond motifs is 9. The Bertz CT molecular complexity index is 2680. The van der Waals surface area contributed by atoms with Crippen LogP contribution in [0.3, 0.4) is 0 Å². The summed E-state index contributed by atoms with van der Waals surface area (Å²) in [4.78, 5) is 0. The van der Waals surface area contributed by atoms with Crippen LogP contribution in [0.5, 0.6) is 0 Å². The van der Waals surface area contributed by atoms with Crippen molar-refractivity contribution in [3.63, 3.8) is 0 Å². The van der Waals surface area contributed by atoms with Crippen LogP contribution in [0.4, 0.5) is 0 Å². The van der Waals surface area contributed by atoms with Gasteiger partial charge < -0.3 is 13.3 Å². The molecule has 0 amide bonds. The smallest absolute Gasteiger partial charge is 0.143 e. The summed E-state index contributed by atoms with van der Waals surface area (Å²) in [7, 11) is 0. The quantitative estimate of drug-likeness (QED) is 0.201. The van der Waals surface area contributed by atoms with Crippen molar-refractivity contribution in [1.82, 2.24) is 0 Å². The molecule has 3 heteroatoms. The molecule has 7 aromatic carbocycles. The van der Waals surface area contributed by atoms with Gasteiger partial charge in [0.25, 0.3) is 0 Å². The van der Waals surface area contributed by atoms with Gasteiger partial charge in [-0.15, -0.1) is 0 Å². The molecular weight excluding hydrogens is 528 g/mol. The van der Waals surface area contributed by atoms with Gasteiger partial charge in [-0.25, -0.2) is 0 Å². The molecule has 0 bridgehead atoms. The monoisotopic (exact) mass is 550 g/mol. The summed E-state index contributed by atoms with van der Waals surface area (Å²) < 4.78 is 18.6. The van der Waals surface area contributed by atoms with Gasteiger partial charge in [0.15, 0.2) is 0 Å². The Labute approximate surface area is 245 Å². The Morgan fingerprint density at radius 1 is 0.372 bits per heavy atom. The van der Waals surface area contributed by atoms with Gasteiger partial charge in [0.2, 0.25) is 0 Å². The molecule has 0 saturated carbocycles. The van der Waals surface area contributed by atoms with Crippen LogP contribution in [-0.2, 0) is 0 Å². The van der Waals surface area contributed by atoms with E-state index in [1.807, 2.05) is 18.2 Å². The van der Waals surface area contributed by atoms with Crippen molar-refractivity contribution in [1.29, 1.82) is 0 Å². The minimum Gasteiger partial charge on any atom is -0.464 e. The summed E-state index contributed by atoms with van der Waals surface area (Å²) in [5.41, 5.74) is 9.03. The zero-order valence-electron chi connectivity index (χ0n) is 22.9. The van der Waals surface area contributed by atoms with E-state index in [4.69, 9.17) is 13.3 Å². The lowest BCUT2D eigenvalue weighted by Crippen LogP contribution is -1.91. The van der Waals surface area contributed by atoms with Crippen molar-refractivity contribution < 1.29 is 13.3 Å². The number of rotatable bonds is 2. The molecule has 0 N–H and O–H groups in total. The summed E-state index contributed by atoms with van der Waals surface area (Å²) in [6.45, 7) is 0. The van der Waals surface area contributed by atoms with Gasteiger partial charge >= 0.3 is 0 Å². The summed E-state index contributed by atoms with van der Waals surface area (Å²) in [5.74, 6) is 0. The van der Waals surface area contributed by atoms with Crippen molar-refractivity contribution in [3.05, 3.63) is 134 Å². The molecule has 0 aliphatic carbocycles. The Morgan fingerprint density at radius 3 is 1.81 bits per heavy atom.